The highest BCUT2D eigenvalue weighted by Crippen LogP contribution is 2.45. The molecule has 0 amide bonds. The largest absolute Gasteiger partial charge is 0.0776 e. The van der Waals surface area contributed by atoms with Crippen molar-refractivity contribution in [2.45, 2.75) is 178 Å². The average molecular weight is 519 g/mol. The first-order chi connectivity index (χ1) is 16.5. The van der Waals surface area contributed by atoms with Gasteiger partial charge in [0, 0.05) is 0 Å². The smallest absolute Gasteiger partial charge is 0.0381 e. The maximum atomic E-state index is 2.44. The van der Waals surface area contributed by atoms with Gasteiger partial charge in [0.25, 0.3) is 0 Å². The van der Waals surface area contributed by atoms with E-state index in [1.165, 1.54) is 64.2 Å². The molecule has 0 radical (unpaired) electrons. The molecule has 0 spiro atoms. The molecule has 0 aromatic rings. The molecule has 6 aliphatic carbocycles. The van der Waals surface area contributed by atoms with E-state index in [9.17, 15) is 0 Å². The van der Waals surface area contributed by atoms with Crippen LogP contribution in [0.4, 0.5) is 0 Å². The first-order valence-corrected chi connectivity index (χ1v) is 16.5. The third kappa shape index (κ3) is 10.8. The fourth-order valence-corrected chi connectivity index (χ4v) is 9.58. The second kappa shape index (κ2) is 17.6. The highest BCUT2D eigenvalue weighted by Gasteiger charge is 2.33. The molecular formula is C37H74. The van der Waals surface area contributed by atoms with Crippen molar-refractivity contribution in [2.24, 2.45) is 59.2 Å². The van der Waals surface area contributed by atoms with Crippen LogP contribution in [0.5, 0.6) is 0 Å². The summed E-state index contributed by atoms with van der Waals surface area (Å²) in [6.45, 7) is 9.75. The molecule has 222 valence electrons. The minimum atomic E-state index is 0. The molecule has 0 nitrogen and oxygen atoms in total. The Hall–Kier alpha value is 0. The van der Waals surface area contributed by atoms with Gasteiger partial charge in [0.15, 0.2) is 0 Å². The van der Waals surface area contributed by atoms with Crippen LogP contribution in [0.25, 0.3) is 0 Å². The van der Waals surface area contributed by atoms with Crippen molar-refractivity contribution < 1.29 is 0 Å². The lowest BCUT2D eigenvalue weighted by Gasteiger charge is -2.40. The van der Waals surface area contributed by atoms with Crippen LogP contribution in [0.1, 0.15) is 178 Å². The zero-order valence-electron chi connectivity index (χ0n) is 23.9. The van der Waals surface area contributed by atoms with Crippen LogP contribution in [-0.4, -0.2) is 0 Å². The second-order valence-corrected chi connectivity index (χ2v) is 14.8. The topological polar surface area (TPSA) is 0 Å². The van der Waals surface area contributed by atoms with Gasteiger partial charge in [0.2, 0.25) is 0 Å². The predicted octanol–water partition coefficient (Wildman–Crippen LogP) is 13.0. The molecular weight excluding hydrogens is 444 g/mol. The molecule has 8 atom stereocenters. The highest BCUT2D eigenvalue weighted by molar-refractivity contribution is 4.84. The van der Waals surface area contributed by atoms with Gasteiger partial charge < -0.3 is 0 Å². The van der Waals surface area contributed by atoms with Gasteiger partial charge in [-0.1, -0.05) is 127 Å². The Morgan fingerprint density at radius 2 is 0.514 bits per heavy atom. The molecule has 37 heavy (non-hydrogen) atoms. The summed E-state index contributed by atoms with van der Waals surface area (Å²) in [5.41, 5.74) is 0. The van der Waals surface area contributed by atoms with Crippen molar-refractivity contribution in [1.82, 2.24) is 0 Å². The van der Waals surface area contributed by atoms with Gasteiger partial charge in [-0.3, -0.25) is 0 Å². The molecule has 0 aromatic heterocycles. The van der Waals surface area contributed by atoms with Crippen molar-refractivity contribution in [1.29, 1.82) is 0 Å². The van der Waals surface area contributed by atoms with Crippen LogP contribution in [0.2, 0.25) is 0 Å². The Labute approximate surface area is 237 Å². The third-order valence-electron chi connectivity index (χ3n) is 11.7. The zero-order chi connectivity index (χ0) is 23.9. The minimum absolute atomic E-state index is 0. The SMILES string of the molecule is C.C.C.CC1CCC2CCC(C)CC2C1.CC1CCC2CCCCC2C1.CC1CCC2CCCCC2C1. The Balaban J connectivity index is 0.000000267. The van der Waals surface area contributed by atoms with Crippen LogP contribution in [0.15, 0.2) is 0 Å². The monoisotopic (exact) mass is 519 g/mol. The van der Waals surface area contributed by atoms with Gasteiger partial charge in [-0.25, -0.2) is 0 Å². The van der Waals surface area contributed by atoms with Crippen molar-refractivity contribution in [2.75, 3.05) is 0 Å². The van der Waals surface area contributed by atoms with E-state index in [0.717, 1.165) is 59.2 Å². The Bertz CT molecular complexity index is 516. The Morgan fingerprint density at radius 3 is 0.838 bits per heavy atom. The summed E-state index contributed by atoms with van der Waals surface area (Å²) in [7, 11) is 0. The molecule has 6 aliphatic rings. The van der Waals surface area contributed by atoms with E-state index in [4.69, 9.17) is 0 Å². The summed E-state index contributed by atoms with van der Waals surface area (Å²) in [5.74, 6) is 10.9. The third-order valence-corrected chi connectivity index (χ3v) is 11.7. The fourth-order valence-electron chi connectivity index (χ4n) is 9.58. The summed E-state index contributed by atoms with van der Waals surface area (Å²) >= 11 is 0. The van der Waals surface area contributed by atoms with Crippen LogP contribution < -0.4 is 0 Å². The number of hydrogen-bond donors (Lipinski definition) is 0. The van der Waals surface area contributed by atoms with Crippen molar-refractivity contribution in [3.05, 3.63) is 0 Å². The molecule has 0 saturated heterocycles. The van der Waals surface area contributed by atoms with Gasteiger partial charge in [-0.2, -0.15) is 0 Å². The number of rotatable bonds is 0. The molecule has 0 N–H and O–H groups in total. The summed E-state index contributed by atoms with van der Waals surface area (Å²) < 4.78 is 0. The molecule has 8 unspecified atom stereocenters. The molecule has 0 heterocycles. The molecule has 6 fully saturated rings. The van der Waals surface area contributed by atoms with Crippen LogP contribution in [0.3, 0.4) is 0 Å². The second-order valence-electron chi connectivity index (χ2n) is 14.8. The lowest BCUT2D eigenvalue weighted by molar-refractivity contribution is 0.109. The van der Waals surface area contributed by atoms with Crippen molar-refractivity contribution in [3.8, 4) is 0 Å². The van der Waals surface area contributed by atoms with E-state index in [1.54, 1.807) is 64.2 Å². The molecule has 0 aliphatic heterocycles. The van der Waals surface area contributed by atoms with Crippen molar-refractivity contribution in [3.63, 3.8) is 0 Å². The van der Waals surface area contributed by atoms with E-state index < -0.39 is 0 Å². The maximum absolute atomic E-state index is 2.44. The van der Waals surface area contributed by atoms with E-state index in [-0.39, 0.29) is 22.3 Å². The normalized spacial score (nSPS) is 42.5. The van der Waals surface area contributed by atoms with Gasteiger partial charge in [-0.15, -0.1) is 0 Å². The summed E-state index contributed by atoms with van der Waals surface area (Å²) in [6.07, 6.45) is 30.7. The lowest BCUT2D eigenvalue weighted by Crippen LogP contribution is -2.29. The first kappa shape index (κ1) is 35.0. The first-order valence-electron chi connectivity index (χ1n) is 16.5. The summed E-state index contributed by atoms with van der Waals surface area (Å²) in [5, 5.41) is 0. The van der Waals surface area contributed by atoms with E-state index in [2.05, 4.69) is 27.7 Å². The molecule has 6 saturated carbocycles. The Morgan fingerprint density at radius 1 is 0.270 bits per heavy atom. The van der Waals surface area contributed by atoms with Gasteiger partial charge in [-0.05, 0) is 111 Å². The van der Waals surface area contributed by atoms with E-state index >= 15 is 0 Å². The van der Waals surface area contributed by atoms with Gasteiger partial charge in [0.1, 0.15) is 0 Å². The predicted molar refractivity (Wildman–Crippen MR) is 170 cm³/mol. The number of hydrogen-bond acceptors (Lipinski definition) is 0. The lowest BCUT2D eigenvalue weighted by atomic mass is 9.65. The van der Waals surface area contributed by atoms with Gasteiger partial charge >= 0.3 is 0 Å². The van der Waals surface area contributed by atoms with Crippen LogP contribution in [0, 0.1) is 59.2 Å². The molecule has 0 heteroatoms. The van der Waals surface area contributed by atoms with Gasteiger partial charge in [0.05, 0.1) is 0 Å². The zero-order valence-corrected chi connectivity index (χ0v) is 23.9. The van der Waals surface area contributed by atoms with Crippen LogP contribution >= 0.6 is 0 Å². The van der Waals surface area contributed by atoms with Crippen molar-refractivity contribution >= 4 is 0 Å². The molecule has 6 rings (SSSR count). The highest BCUT2D eigenvalue weighted by atomic mass is 14.4. The molecule has 0 aromatic carbocycles. The maximum Gasteiger partial charge on any atom is -0.0381 e. The van der Waals surface area contributed by atoms with E-state index in [1.807, 2.05) is 0 Å². The van der Waals surface area contributed by atoms with Crippen LogP contribution in [-0.2, 0) is 0 Å². The number of fused-ring (bicyclic) bond motifs is 3. The molecule has 0 bridgehead atoms. The Kier molecular flexibility index (Phi) is 16.7. The summed E-state index contributed by atoms with van der Waals surface area (Å²) in [6, 6.07) is 0. The van der Waals surface area contributed by atoms with E-state index in [0.29, 0.717) is 0 Å². The minimum Gasteiger partial charge on any atom is -0.0776 e. The average Bonchev–Trinajstić information content (AvgIpc) is 2.84. The summed E-state index contributed by atoms with van der Waals surface area (Å²) in [4.78, 5) is 0. The quantitative estimate of drug-likeness (QED) is 0.299. The fraction of sp³-hybridized carbons (Fsp3) is 1.00. The standard InChI is InChI=1S/C12H22.2C11H20.3CH4/c1-9-3-5-11-6-4-10(2)8-12(11)7-9;2*1-9-6-7-10-4-2-3-5-11(10)8-9;;;/h9-12H,3-8H2,1-2H3;2*9-11H,2-8H2,1H3;3*1H4.